The molecule has 1 aromatic heterocycles. The van der Waals surface area contributed by atoms with Gasteiger partial charge in [-0.2, -0.15) is 5.10 Å². The van der Waals surface area contributed by atoms with Gasteiger partial charge in [0.25, 0.3) is 0 Å². The zero-order valence-electron chi connectivity index (χ0n) is 17.2. The van der Waals surface area contributed by atoms with Gasteiger partial charge >= 0.3 is 0 Å². The molecule has 28 heavy (non-hydrogen) atoms. The topological polar surface area (TPSA) is 55.4 Å². The summed E-state index contributed by atoms with van der Waals surface area (Å²) in [5, 5.41) is 14.5. The summed E-state index contributed by atoms with van der Waals surface area (Å²) in [6.07, 6.45) is 2.46. The Kier molecular flexibility index (Phi) is 7.26. The van der Waals surface area contributed by atoms with E-state index in [1.807, 2.05) is 16.8 Å². The number of likely N-dealkylation sites (tertiary alicyclic amines) is 1. The smallest absolute Gasteiger partial charge is 0.199 e. The fourth-order valence-corrected chi connectivity index (χ4v) is 3.73. The predicted molar refractivity (Wildman–Crippen MR) is 113 cm³/mol. The molecule has 3 rings (SSSR count). The fraction of sp³-hybridized carbons (Fsp3) is 0.619. The molecule has 0 saturated carbocycles. The first kappa shape index (κ1) is 21.0. The van der Waals surface area contributed by atoms with Gasteiger partial charge < -0.3 is 14.4 Å². The molecule has 0 atom stereocenters. The van der Waals surface area contributed by atoms with Crippen LogP contribution in [0.15, 0.2) is 24.3 Å². The summed E-state index contributed by atoms with van der Waals surface area (Å²) in [6.45, 7) is 10.1. The Hall–Kier alpha value is -1.70. The van der Waals surface area contributed by atoms with Gasteiger partial charge in [-0.15, -0.1) is 0 Å². The average molecular weight is 405 g/mol. The Morgan fingerprint density at radius 1 is 1.21 bits per heavy atom. The molecule has 0 amide bonds. The van der Waals surface area contributed by atoms with Crippen molar-refractivity contribution < 1.29 is 9.84 Å². The van der Waals surface area contributed by atoms with E-state index in [1.54, 1.807) is 0 Å². The van der Waals surface area contributed by atoms with Crippen LogP contribution in [0.25, 0.3) is 0 Å². The molecule has 1 aromatic carbocycles. The molecule has 6 nitrogen and oxygen atoms in total. The summed E-state index contributed by atoms with van der Waals surface area (Å²) in [5.41, 5.74) is 1.30. The van der Waals surface area contributed by atoms with E-state index in [-0.39, 0.29) is 6.10 Å². The van der Waals surface area contributed by atoms with E-state index in [1.165, 1.54) is 5.56 Å². The second-order valence-electron chi connectivity index (χ2n) is 7.98. The number of piperidine rings is 1. The molecular formula is C21H32N4O2S. The number of aliphatic hydroxyl groups is 1. The molecule has 154 valence electrons. The van der Waals surface area contributed by atoms with E-state index in [4.69, 9.17) is 22.1 Å². The van der Waals surface area contributed by atoms with Gasteiger partial charge in [0.2, 0.25) is 0 Å². The lowest BCUT2D eigenvalue weighted by Gasteiger charge is -2.28. The molecule has 0 bridgehead atoms. The van der Waals surface area contributed by atoms with Crippen molar-refractivity contribution in [3.63, 3.8) is 0 Å². The third kappa shape index (κ3) is 5.43. The molecule has 0 aliphatic carbocycles. The van der Waals surface area contributed by atoms with Crippen LogP contribution in [0.2, 0.25) is 0 Å². The van der Waals surface area contributed by atoms with Gasteiger partial charge in [-0.05, 0) is 55.1 Å². The van der Waals surface area contributed by atoms with Crippen LogP contribution in [0.3, 0.4) is 0 Å². The van der Waals surface area contributed by atoms with Crippen LogP contribution in [0.4, 0.5) is 0 Å². The first-order chi connectivity index (χ1) is 13.5. The van der Waals surface area contributed by atoms with Gasteiger partial charge in [-0.3, -0.25) is 4.90 Å². The first-order valence-electron chi connectivity index (χ1n) is 10.2. The highest BCUT2D eigenvalue weighted by atomic mass is 32.1. The van der Waals surface area contributed by atoms with E-state index < -0.39 is 0 Å². The van der Waals surface area contributed by atoms with Gasteiger partial charge in [0.05, 0.1) is 12.8 Å². The molecule has 1 saturated heterocycles. The van der Waals surface area contributed by atoms with E-state index in [2.05, 4.69) is 42.4 Å². The molecular weight excluding hydrogens is 372 g/mol. The number of hydrogen-bond acceptors (Lipinski definition) is 5. The van der Waals surface area contributed by atoms with Gasteiger partial charge in [0.15, 0.2) is 10.6 Å². The first-order valence-corrected chi connectivity index (χ1v) is 10.7. The number of ether oxygens (including phenoxy) is 1. The number of benzene rings is 1. The van der Waals surface area contributed by atoms with Crippen LogP contribution in [-0.4, -0.2) is 43.5 Å². The van der Waals surface area contributed by atoms with Crippen molar-refractivity contribution in [2.24, 2.45) is 5.92 Å². The van der Waals surface area contributed by atoms with Crippen molar-refractivity contribution in [3.8, 4) is 5.75 Å². The lowest BCUT2D eigenvalue weighted by molar-refractivity contribution is 0.0649. The van der Waals surface area contributed by atoms with Crippen LogP contribution in [0.1, 0.15) is 45.0 Å². The third-order valence-corrected chi connectivity index (χ3v) is 5.57. The summed E-state index contributed by atoms with van der Waals surface area (Å²) in [6, 6.07) is 8.21. The maximum Gasteiger partial charge on any atom is 0.199 e. The third-order valence-electron chi connectivity index (χ3n) is 5.14. The quantitative estimate of drug-likeness (QED) is 0.681. The van der Waals surface area contributed by atoms with Crippen molar-refractivity contribution in [1.82, 2.24) is 19.2 Å². The second kappa shape index (κ2) is 9.67. The average Bonchev–Trinajstić information content (AvgIpc) is 2.97. The number of aryl methyl sites for hydroxylation is 1. The fourth-order valence-electron chi connectivity index (χ4n) is 3.45. The highest BCUT2D eigenvalue weighted by molar-refractivity contribution is 7.71. The SMILES string of the molecule is CCc1ccc(OCc2nn(CN3CCC(O)CC3)c(=S)n2CC(C)C)cc1. The zero-order valence-corrected chi connectivity index (χ0v) is 18.0. The van der Waals surface area contributed by atoms with Crippen molar-refractivity contribution in [2.75, 3.05) is 13.1 Å². The highest BCUT2D eigenvalue weighted by Gasteiger charge is 2.19. The molecule has 2 aromatic rings. The molecule has 1 fully saturated rings. The monoisotopic (exact) mass is 404 g/mol. The normalized spacial score (nSPS) is 16.0. The summed E-state index contributed by atoms with van der Waals surface area (Å²) in [7, 11) is 0. The molecule has 1 N–H and O–H groups in total. The Morgan fingerprint density at radius 3 is 2.50 bits per heavy atom. The molecule has 7 heteroatoms. The Balaban J connectivity index is 1.73. The number of rotatable bonds is 8. The zero-order chi connectivity index (χ0) is 20.1. The molecule has 1 aliphatic heterocycles. The summed E-state index contributed by atoms with van der Waals surface area (Å²) >= 11 is 5.72. The minimum atomic E-state index is -0.175. The predicted octanol–water partition coefficient (Wildman–Crippen LogP) is 3.63. The van der Waals surface area contributed by atoms with Crippen molar-refractivity contribution >= 4 is 12.2 Å². The van der Waals surface area contributed by atoms with E-state index in [0.717, 1.165) is 55.2 Å². The highest BCUT2D eigenvalue weighted by Crippen LogP contribution is 2.16. The standard InChI is InChI=1S/C21H32N4O2S/c1-4-17-5-7-19(8-6-17)27-14-20-22-25(21(28)24(20)13-16(2)3)15-23-11-9-18(26)10-12-23/h5-8,16,18,26H,4,9-15H2,1-3H3. The van der Waals surface area contributed by atoms with Gasteiger partial charge in [0.1, 0.15) is 12.4 Å². The molecule has 0 unspecified atom stereocenters. The van der Waals surface area contributed by atoms with Crippen LogP contribution >= 0.6 is 12.2 Å². The number of nitrogens with zero attached hydrogens (tertiary/aromatic N) is 4. The Bertz CT molecular complexity index is 805. The van der Waals surface area contributed by atoms with E-state index >= 15 is 0 Å². The van der Waals surface area contributed by atoms with Crippen molar-refractivity contribution in [3.05, 3.63) is 40.4 Å². The minimum Gasteiger partial charge on any atom is -0.486 e. The Morgan fingerprint density at radius 2 is 1.89 bits per heavy atom. The largest absolute Gasteiger partial charge is 0.486 e. The molecule has 2 heterocycles. The molecule has 0 radical (unpaired) electrons. The molecule has 0 spiro atoms. The lowest BCUT2D eigenvalue weighted by atomic mass is 10.1. The van der Waals surface area contributed by atoms with Crippen LogP contribution in [0, 0.1) is 10.7 Å². The maximum absolute atomic E-state index is 9.72. The van der Waals surface area contributed by atoms with E-state index in [9.17, 15) is 5.11 Å². The van der Waals surface area contributed by atoms with Crippen molar-refractivity contribution in [1.29, 1.82) is 0 Å². The van der Waals surface area contributed by atoms with E-state index in [0.29, 0.717) is 19.2 Å². The summed E-state index contributed by atoms with van der Waals surface area (Å²) < 4.78 is 10.7. The van der Waals surface area contributed by atoms with Gasteiger partial charge in [-0.1, -0.05) is 32.9 Å². The lowest BCUT2D eigenvalue weighted by Crippen LogP contribution is -2.37. The second-order valence-corrected chi connectivity index (χ2v) is 8.34. The van der Waals surface area contributed by atoms with Crippen molar-refractivity contribution in [2.45, 2.75) is 66.0 Å². The van der Waals surface area contributed by atoms with Crippen LogP contribution in [0.5, 0.6) is 5.75 Å². The summed E-state index contributed by atoms with van der Waals surface area (Å²) in [5.74, 6) is 2.17. The Labute approximate surface area is 172 Å². The van der Waals surface area contributed by atoms with Crippen LogP contribution in [-0.2, 0) is 26.2 Å². The minimum absolute atomic E-state index is 0.175. The number of hydrogen-bond donors (Lipinski definition) is 1. The van der Waals surface area contributed by atoms with Crippen LogP contribution < -0.4 is 4.74 Å². The van der Waals surface area contributed by atoms with Gasteiger partial charge in [0, 0.05) is 19.6 Å². The number of aromatic nitrogens is 3. The van der Waals surface area contributed by atoms with Gasteiger partial charge in [-0.25, -0.2) is 4.68 Å². The maximum atomic E-state index is 9.72. The molecule has 1 aliphatic rings. The summed E-state index contributed by atoms with van der Waals surface area (Å²) in [4.78, 5) is 2.29. The number of aliphatic hydroxyl groups excluding tert-OH is 1.